The van der Waals surface area contributed by atoms with Crippen molar-refractivity contribution in [1.29, 1.82) is 0 Å². The summed E-state index contributed by atoms with van der Waals surface area (Å²) in [6, 6.07) is 2.00. The second-order valence-electron chi connectivity index (χ2n) is 7.15. The lowest BCUT2D eigenvalue weighted by molar-refractivity contribution is 0.147. The van der Waals surface area contributed by atoms with Crippen LogP contribution in [0, 0.1) is 6.92 Å². The summed E-state index contributed by atoms with van der Waals surface area (Å²) < 4.78 is 5.14. The van der Waals surface area contributed by atoms with E-state index in [1.165, 1.54) is 13.1 Å². The fourth-order valence-corrected chi connectivity index (χ4v) is 2.81. The minimum atomic E-state index is -0.00547. The Bertz CT molecular complexity index is 498. The molecule has 0 aliphatic carbocycles. The van der Waals surface area contributed by atoms with Crippen LogP contribution in [0.25, 0.3) is 0 Å². The van der Waals surface area contributed by atoms with Gasteiger partial charge in [-0.1, -0.05) is 0 Å². The molecule has 130 valence electrons. The van der Waals surface area contributed by atoms with Crippen molar-refractivity contribution in [2.45, 2.75) is 39.3 Å². The van der Waals surface area contributed by atoms with E-state index < -0.39 is 0 Å². The molecule has 0 unspecified atom stereocenters. The van der Waals surface area contributed by atoms with Crippen molar-refractivity contribution in [3.05, 3.63) is 17.6 Å². The van der Waals surface area contributed by atoms with Gasteiger partial charge in [-0.25, -0.2) is 9.97 Å². The molecule has 2 heterocycles. The summed E-state index contributed by atoms with van der Waals surface area (Å²) in [4.78, 5) is 13.9. The Balaban J connectivity index is 1.89. The zero-order valence-corrected chi connectivity index (χ0v) is 15.2. The van der Waals surface area contributed by atoms with Crippen LogP contribution in [0.1, 0.15) is 31.8 Å². The maximum atomic E-state index is 5.14. The SMILES string of the molecule is COCc1nc(C)cc(NC(C)(C)CCN2CCN(C)CC2)n1. The maximum Gasteiger partial charge on any atom is 0.156 e. The van der Waals surface area contributed by atoms with Gasteiger partial charge >= 0.3 is 0 Å². The molecule has 1 aromatic rings. The lowest BCUT2D eigenvalue weighted by atomic mass is 10.00. The summed E-state index contributed by atoms with van der Waals surface area (Å²) in [5, 5.41) is 3.56. The first kappa shape index (κ1) is 18.1. The minimum absolute atomic E-state index is 0.00547. The van der Waals surface area contributed by atoms with Crippen molar-refractivity contribution in [2.24, 2.45) is 0 Å². The molecule has 1 aromatic heterocycles. The number of aromatic nitrogens is 2. The number of piperazine rings is 1. The van der Waals surface area contributed by atoms with Crippen molar-refractivity contribution in [3.63, 3.8) is 0 Å². The van der Waals surface area contributed by atoms with Crippen LogP contribution < -0.4 is 5.32 Å². The van der Waals surface area contributed by atoms with E-state index in [0.717, 1.165) is 43.4 Å². The number of likely N-dealkylation sites (N-methyl/N-ethyl adjacent to an activating group) is 1. The van der Waals surface area contributed by atoms with Gasteiger partial charge in [0.25, 0.3) is 0 Å². The standard InChI is InChI=1S/C17H31N5O/c1-14-12-15(19-16(18-14)13-23-5)20-17(2,3)6-7-22-10-8-21(4)9-11-22/h12H,6-11,13H2,1-5H3,(H,18,19,20). The molecule has 0 amide bonds. The molecular weight excluding hydrogens is 290 g/mol. The van der Waals surface area contributed by atoms with Gasteiger partial charge in [-0.2, -0.15) is 0 Å². The number of nitrogens with zero attached hydrogens (tertiary/aromatic N) is 4. The third kappa shape index (κ3) is 6.05. The van der Waals surface area contributed by atoms with E-state index in [1.807, 2.05) is 13.0 Å². The molecule has 0 saturated carbocycles. The van der Waals surface area contributed by atoms with E-state index in [-0.39, 0.29) is 5.54 Å². The van der Waals surface area contributed by atoms with Gasteiger partial charge in [-0.15, -0.1) is 0 Å². The van der Waals surface area contributed by atoms with Gasteiger partial charge in [-0.05, 0) is 34.2 Å². The minimum Gasteiger partial charge on any atom is -0.377 e. The quantitative estimate of drug-likeness (QED) is 0.826. The van der Waals surface area contributed by atoms with Crippen molar-refractivity contribution in [3.8, 4) is 0 Å². The van der Waals surface area contributed by atoms with E-state index in [4.69, 9.17) is 4.74 Å². The van der Waals surface area contributed by atoms with Crippen LogP contribution in [0.5, 0.6) is 0 Å². The van der Waals surface area contributed by atoms with Gasteiger partial charge in [0.15, 0.2) is 5.82 Å². The molecule has 0 aromatic carbocycles. The van der Waals surface area contributed by atoms with E-state index in [9.17, 15) is 0 Å². The fourth-order valence-electron chi connectivity index (χ4n) is 2.81. The number of hydrogen-bond acceptors (Lipinski definition) is 6. The Morgan fingerprint density at radius 1 is 1.22 bits per heavy atom. The number of nitrogens with one attached hydrogen (secondary N) is 1. The number of ether oxygens (including phenoxy) is 1. The molecule has 1 fully saturated rings. The molecule has 0 atom stereocenters. The number of hydrogen-bond donors (Lipinski definition) is 1. The van der Waals surface area contributed by atoms with E-state index >= 15 is 0 Å². The lowest BCUT2D eigenvalue weighted by Crippen LogP contribution is -2.46. The molecule has 1 saturated heterocycles. The predicted molar refractivity (Wildman–Crippen MR) is 93.7 cm³/mol. The van der Waals surface area contributed by atoms with Crippen molar-refractivity contribution >= 4 is 5.82 Å². The van der Waals surface area contributed by atoms with Gasteiger partial charge < -0.3 is 19.9 Å². The Morgan fingerprint density at radius 3 is 2.57 bits per heavy atom. The zero-order valence-electron chi connectivity index (χ0n) is 15.2. The van der Waals surface area contributed by atoms with Crippen LogP contribution in [0.4, 0.5) is 5.82 Å². The summed E-state index contributed by atoms with van der Waals surface area (Å²) in [7, 11) is 3.86. The Labute approximate surface area is 140 Å². The average molecular weight is 321 g/mol. The molecule has 1 aliphatic rings. The summed E-state index contributed by atoms with van der Waals surface area (Å²) in [6.07, 6.45) is 1.08. The molecule has 0 bridgehead atoms. The predicted octanol–water partition coefficient (Wildman–Crippen LogP) is 1.76. The summed E-state index contributed by atoms with van der Waals surface area (Å²) >= 11 is 0. The van der Waals surface area contributed by atoms with E-state index in [2.05, 4.69) is 46.0 Å². The summed E-state index contributed by atoms with van der Waals surface area (Å²) in [6.45, 7) is 12.7. The highest BCUT2D eigenvalue weighted by Gasteiger charge is 2.21. The van der Waals surface area contributed by atoms with Gasteiger partial charge in [0.05, 0.1) is 0 Å². The third-order valence-electron chi connectivity index (χ3n) is 4.29. The smallest absolute Gasteiger partial charge is 0.156 e. The Kier molecular flexibility index (Phi) is 6.33. The van der Waals surface area contributed by atoms with Crippen LogP contribution in [0.2, 0.25) is 0 Å². The average Bonchev–Trinajstić information content (AvgIpc) is 2.46. The van der Waals surface area contributed by atoms with Gasteiger partial charge in [0.2, 0.25) is 0 Å². The van der Waals surface area contributed by atoms with Crippen LogP contribution in [-0.4, -0.2) is 72.2 Å². The second-order valence-corrected chi connectivity index (χ2v) is 7.15. The van der Waals surface area contributed by atoms with Gasteiger partial charge in [0.1, 0.15) is 12.4 Å². The molecule has 6 nitrogen and oxygen atoms in total. The molecule has 0 radical (unpaired) electrons. The number of rotatable bonds is 7. The van der Waals surface area contributed by atoms with Gasteiger partial charge in [-0.3, -0.25) is 0 Å². The largest absolute Gasteiger partial charge is 0.377 e. The number of methoxy groups -OCH3 is 1. The number of aryl methyl sites for hydroxylation is 1. The highest BCUT2D eigenvalue weighted by Crippen LogP contribution is 2.18. The molecule has 1 aliphatic heterocycles. The highest BCUT2D eigenvalue weighted by molar-refractivity contribution is 5.38. The molecule has 6 heteroatoms. The molecule has 2 rings (SSSR count). The number of anilines is 1. The van der Waals surface area contributed by atoms with Crippen LogP contribution in [0.15, 0.2) is 6.07 Å². The first-order valence-electron chi connectivity index (χ1n) is 8.40. The molecule has 0 spiro atoms. The van der Waals surface area contributed by atoms with E-state index in [0.29, 0.717) is 6.61 Å². The lowest BCUT2D eigenvalue weighted by Gasteiger charge is -2.35. The highest BCUT2D eigenvalue weighted by atomic mass is 16.5. The van der Waals surface area contributed by atoms with Crippen molar-refractivity contribution < 1.29 is 4.74 Å². The maximum absolute atomic E-state index is 5.14. The Hall–Kier alpha value is -1.24. The van der Waals surface area contributed by atoms with Crippen molar-refractivity contribution in [1.82, 2.24) is 19.8 Å². The third-order valence-corrected chi connectivity index (χ3v) is 4.29. The first-order chi connectivity index (χ1) is 10.9. The fraction of sp³-hybridized carbons (Fsp3) is 0.765. The summed E-state index contributed by atoms with van der Waals surface area (Å²) in [5.41, 5.74) is 0.957. The normalized spacial score (nSPS) is 17.4. The molecule has 23 heavy (non-hydrogen) atoms. The van der Waals surface area contributed by atoms with Crippen LogP contribution in [0.3, 0.4) is 0 Å². The second kappa shape index (κ2) is 8.04. The van der Waals surface area contributed by atoms with Gasteiger partial charge in [0, 0.05) is 57.1 Å². The topological polar surface area (TPSA) is 53.5 Å². The zero-order chi connectivity index (χ0) is 16.9. The van der Waals surface area contributed by atoms with Crippen LogP contribution in [-0.2, 0) is 11.3 Å². The molecule has 1 N–H and O–H groups in total. The monoisotopic (exact) mass is 321 g/mol. The molecular formula is C17H31N5O. The first-order valence-corrected chi connectivity index (χ1v) is 8.40. The summed E-state index contributed by atoms with van der Waals surface area (Å²) in [5.74, 6) is 1.61. The van der Waals surface area contributed by atoms with E-state index in [1.54, 1.807) is 7.11 Å². The van der Waals surface area contributed by atoms with Crippen molar-refractivity contribution in [2.75, 3.05) is 52.2 Å². The Morgan fingerprint density at radius 2 is 1.91 bits per heavy atom. The van der Waals surface area contributed by atoms with Crippen LogP contribution >= 0.6 is 0 Å².